The van der Waals surface area contributed by atoms with Crippen molar-refractivity contribution in [1.82, 2.24) is 4.90 Å². The molecule has 0 spiro atoms. The van der Waals surface area contributed by atoms with E-state index in [4.69, 9.17) is 0 Å². The lowest BCUT2D eigenvalue weighted by Gasteiger charge is -2.37. The molecular weight excluding hydrogens is 239 g/mol. The van der Waals surface area contributed by atoms with Gasteiger partial charge in [0.2, 0.25) is 0 Å². The van der Waals surface area contributed by atoms with E-state index in [9.17, 15) is 4.39 Å². The van der Waals surface area contributed by atoms with Crippen LogP contribution >= 0.6 is 0 Å². The molecule has 3 fully saturated rings. The first kappa shape index (κ1) is 13.8. The molecule has 2 saturated heterocycles. The molecule has 1 saturated carbocycles. The van der Waals surface area contributed by atoms with Gasteiger partial charge in [-0.15, -0.1) is 0 Å². The lowest BCUT2D eigenvalue weighted by Crippen LogP contribution is -3.18. The van der Waals surface area contributed by atoms with Gasteiger partial charge >= 0.3 is 0 Å². The average molecular weight is 269 g/mol. The predicted molar refractivity (Wildman–Crippen MR) is 75.9 cm³/mol. The number of piperidine rings is 1. The maximum atomic E-state index is 14.1. The zero-order valence-electron chi connectivity index (χ0n) is 12.6. The van der Waals surface area contributed by atoms with Crippen molar-refractivity contribution in [2.45, 2.75) is 70.8 Å². The van der Waals surface area contributed by atoms with Gasteiger partial charge in [0.15, 0.2) is 0 Å². The molecule has 6 unspecified atom stereocenters. The minimum Gasteiger partial charge on any atom is -0.316 e. The van der Waals surface area contributed by atoms with Crippen LogP contribution < -0.4 is 4.90 Å². The molecule has 3 aliphatic rings. The van der Waals surface area contributed by atoms with Crippen LogP contribution in [0, 0.1) is 11.8 Å². The van der Waals surface area contributed by atoms with Crippen molar-refractivity contribution in [3.63, 3.8) is 0 Å². The highest BCUT2D eigenvalue weighted by Gasteiger charge is 2.45. The summed E-state index contributed by atoms with van der Waals surface area (Å²) in [7, 11) is 0. The van der Waals surface area contributed by atoms with Crippen LogP contribution in [0.3, 0.4) is 0 Å². The van der Waals surface area contributed by atoms with Crippen LogP contribution in [0.2, 0.25) is 0 Å². The van der Waals surface area contributed by atoms with Crippen LogP contribution in [0.4, 0.5) is 4.39 Å². The van der Waals surface area contributed by atoms with E-state index in [1.807, 2.05) is 0 Å². The quantitative estimate of drug-likeness (QED) is 0.804. The van der Waals surface area contributed by atoms with E-state index in [1.165, 1.54) is 32.4 Å². The molecule has 2 nitrogen and oxygen atoms in total. The number of fused-ring (bicyclic) bond motifs is 1. The summed E-state index contributed by atoms with van der Waals surface area (Å²) in [5.74, 6) is 1.19. The third kappa shape index (κ3) is 2.82. The molecule has 19 heavy (non-hydrogen) atoms. The monoisotopic (exact) mass is 269 g/mol. The largest absolute Gasteiger partial charge is 0.316 e. The van der Waals surface area contributed by atoms with Crippen LogP contribution in [0.15, 0.2) is 0 Å². The number of halogens is 1. The second-order valence-corrected chi connectivity index (χ2v) is 7.38. The van der Waals surface area contributed by atoms with Gasteiger partial charge in [-0.3, -0.25) is 0 Å². The number of alkyl halides is 1. The molecule has 0 aromatic heterocycles. The summed E-state index contributed by atoms with van der Waals surface area (Å²) in [5, 5.41) is 0. The highest BCUT2D eigenvalue weighted by molar-refractivity contribution is 4.82. The number of rotatable bonds is 2. The Balaban J connectivity index is 1.65. The van der Waals surface area contributed by atoms with Gasteiger partial charge in [-0.1, -0.05) is 19.8 Å². The lowest BCUT2D eigenvalue weighted by atomic mass is 9.86. The van der Waals surface area contributed by atoms with Crippen molar-refractivity contribution in [2.75, 3.05) is 19.6 Å². The van der Waals surface area contributed by atoms with Gasteiger partial charge in [0.1, 0.15) is 12.3 Å². The summed E-state index contributed by atoms with van der Waals surface area (Å²) < 4.78 is 14.1. The van der Waals surface area contributed by atoms with Crippen molar-refractivity contribution in [3.8, 4) is 0 Å². The number of nitrogens with zero attached hydrogens (tertiary/aromatic N) is 1. The third-order valence-corrected chi connectivity index (χ3v) is 5.86. The smallest absolute Gasteiger partial charge is 0.144 e. The molecule has 2 heterocycles. The van der Waals surface area contributed by atoms with Gasteiger partial charge < -0.3 is 4.90 Å². The highest BCUT2D eigenvalue weighted by atomic mass is 19.1. The molecule has 0 amide bonds. The molecule has 6 atom stereocenters. The molecule has 0 aromatic rings. The van der Waals surface area contributed by atoms with Gasteiger partial charge in [0.25, 0.3) is 0 Å². The fraction of sp³-hybridized carbons (Fsp3) is 1.00. The molecule has 1 N–H and O–H groups in total. The second-order valence-electron chi connectivity index (χ2n) is 7.38. The zero-order valence-corrected chi connectivity index (χ0v) is 12.6. The minimum atomic E-state index is -0.525. The summed E-state index contributed by atoms with van der Waals surface area (Å²) in [6.07, 6.45) is 7.13. The fourth-order valence-electron chi connectivity index (χ4n) is 4.62. The van der Waals surface area contributed by atoms with Gasteiger partial charge in [-0.05, 0) is 32.1 Å². The molecule has 3 rings (SSSR count). The van der Waals surface area contributed by atoms with E-state index in [-0.39, 0.29) is 0 Å². The van der Waals surface area contributed by atoms with Crippen molar-refractivity contribution in [2.24, 2.45) is 11.8 Å². The Morgan fingerprint density at radius 3 is 2.74 bits per heavy atom. The van der Waals surface area contributed by atoms with E-state index in [2.05, 4.69) is 18.7 Å². The van der Waals surface area contributed by atoms with Crippen molar-refractivity contribution in [3.05, 3.63) is 0 Å². The SMILES string of the molecule is CC1CCN2CC(C)[NH+](CC3CCCCC3F)C2C1. The molecule has 0 bridgehead atoms. The first-order valence-electron chi connectivity index (χ1n) is 8.39. The van der Waals surface area contributed by atoms with Gasteiger partial charge in [-0.2, -0.15) is 0 Å². The lowest BCUT2D eigenvalue weighted by molar-refractivity contribution is -0.944. The molecule has 0 aromatic carbocycles. The van der Waals surface area contributed by atoms with Crippen molar-refractivity contribution < 1.29 is 9.29 Å². The summed E-state index contributed by atoms with van der Waals surface area (Å²) in [6.45, 7) is 8.33. The maximum Gasteiger partial charge on any atom is 0.144 e. The molecular formula is C16H30FN2+. The van der Waals surface area contributed by atoms with Crippen LogP contribution in [0.25, 0.3) is 0 Å². The Bertz CT molecular complexity index is 309. The van der Waals surface area contributed by atoms with Crippen molar-refractivity contribution in [1.29, 1.82) is 0 Å². The Hall–Kier alpha value is -0.150. The van der Waals surface area contributed by atoms with Crippen LogP contribution in [-0.4, -0.2) is 42.9 Å². The highest BCUT2D eigenvalue weighted by Crippen LogP contribution is 2.27. The van der Waals surface area contributed by atoms with Gasteiger partial charge in [-0.25, -0.2) is 9.29 Å². The number of quaternary nitrogens is 1. The van der Waals surface area contributed by atoms with E-state index in [0.717, 1.165) is 31.7 Å². The normalized spacial score (nSPS) is 48.2. The number of hydrogen-bond donors (Lipinski definition) is 1. The summed E-state index contributed by atoms with van der Waals surface area (Å²) >= 11 is 0. The standard InChI is InChI=1S/C16H29FN2/c1-12-7-8-18-10-13(2)19(16(18)9-12)11-14-5-3-4-6-15(14)17/h12-16H,3-11H2,1-2H3/p+1. The first-order chi connectivity index (χ1) is 9.15. The van der Waals surface area contributed by atoms with Crippen LogP contribution in [0.1, 0.15) is 52.4 Å². The van der Waals surface area contributed by atoms with E-state index in [0.29, 0.717) is 18.1 Å². The van der Waals surface area contributed by atoms with Crippen molar-refractivity contribution >= 4 is 0 Å². The summed E-state index contributed by atoms with van der Waals surface area (Å²) in [4.78, 5) is 4.37. The van der Waals surface area contributed by atoms with Crippen LogP contribution in [-0.2, 0) is 0 Å². The molecule has 2 aliphatic heterocycles. The zero-order chi connectivity index (χ0) is 13.4. The Kier molecular flexibility index (Phi) is 4.14. The predicted octanol–water partition coefficient (Wildman–Crippen LogP) is 1.86. The number of nitrogens with one attached hydrogen (secondary N) is 1. The first-order valence-corrected chi connectivity index (χ1v) is 8.39. The topological polar surface area (TPSA) is 7.68 Å². The maximum absolute atomic E-state index is 14.1. The Labute approximate surface area is 117 Å². The fourth-order valence-corrected chi connectivity index (χ4v) is 4.62. The molecule has 3 heteroatoms. The second kappa shape index (κ2) is 5.69. The average Bonchev–Trinajstić information content (AvgIpc) is 2.69. The van der Waals surface area contributed by atoms with E-state index in [1.54, 1.807) is 4.90 Å². The van der Waals surface area contributed by atoms with Gasteiger partial charge in [0, 0.05) is 18.9 Å². The molecule has 110 valence electrons. The van der Waals surface area contributed by atoms with Gasteiger partial charge in [0.05, 0.1) is 19.1 Å². The Morgan fingerprint density at radius 2 is 1.95 bits per heavy atom. The minimum absolute atomic E-state index is 0.336. The summed E-state index contributed by atoms with van der Waals surface area (Å²) in [6, 6.07) is 0.699. The van der Waals surface area contributed by atoms with E-state index < -0.39 is 6.17 Å². The molecule has 0 radical (unpaired) electrons. The third-order valence-electron chi connectivity index (χ3n) is 5.86. The summed E-state index contributed by atoms with van der Waals surface area (Å²) in [5.41, 5.74) is 0. The Morgan fingerprint density at radius 1 is 1.16 bits per heavy atom. The van der Waals surface area contributed by atoms with E-state index >= 15 is 0 Å². The van der Waals surface area contributed by atoms with Crippen LogP contribution in [0.5, 0.6) is 0 Å². The molecule has 1 aliphatic carbocycles. The number of hydrogen-bond acceptors (Lipinski definition) is 1.